The van der Waals surface area contributed by atoms with E-state index in [0.717, 1.165) is 25.3 Å². The molecule has 2 aliphatic carbocycles. The quantitative estimate of drug-likeness (QED) is 0.0253. The van der Waals surface area contributed by atoms with Gasteiger partial charge in [0.05, 0.1) is 110 Å². The number of likely N-dealkylation sites (N-methyl/N-ethyl adjacent to an activating group) is 1. The van der Waals surface area contributed by atoms with Crippen LogP contribution in [0.5, 0.6) is 17.2 Å². The normalized spacial score (nSPS) is 34.4. The number of ketones is 1. The summed E-state index contributed by atoms with van der Waals surface area (Å²) in [7, 11) is 8.46. The number of alkyl carbamates (subject to hydrolysis) is 1. The standard InChI is InChI=1S/C61H84IN3O22S3/c1-14-60(8,9)90-88-23-21-35-44-39(20-18-16-17-19-22-61(35,75)26-38(69)47(44)63-59(74)79-13)84-58-53(85-41-25-40(76-10)36(28-80-41)65(15-2)33(7)67)50(72)46(30(4)82-58)64-87-42-24-37(68)55(32(6)81-42)89-56(73)43-29(3)45(62)52(54(78-12)51(43)77-11)86-57-49(71)34(27-66)48(70)31(5)83-57/h16-17,21,30-32,34,36-37,39-42,46,48-50,53,55,57-58,64,66,68,70-72,75H,14-15,23-28H2,1-13H3,(H,63,74)/b17-16-,35-21+/t30-,31+,32-,34-,36+,37+,39+,40+,41+,42+,46-,48+,49-,50+,53-,55-,57+,58+,61+/m1/s1. The molecule has 2 amide bonds. The zero-order valence-corrected chi connectivity index (χ0v) is 57.2. The third-order valence-electron chi connectivity index (χ3n) is 16.6. The Labute approximate surface area is 550 Å². The van der Waals surface area contributed by atoms with Crippen LogP contribution in [0.25, 0.3) is 0 Å². The van der Waals surface area contributed by atoms with Crippen molar-refractivity contribution in [1.82, 2.24) is 15.7 Å². The van der Waals surface area contributed by atoms with Gasteiger partial charge >= 0.3 is 6.09 Å². The van der Waals surface area contributed by atoms with Crippen molar-refractivity contribution < 1.29 is 107 Å². The molecule has 90 heavy (non-hydrogen) atoms. The number of hydrogen-bond donors (Lipinski definition) is 8. The number of halogens is 1. The molecule has 6 aliphatic rings. The number of hydroxylamine groups is 1. The molecule has 1 aromatic rings. The van der Waals surface area contributed by atoms with E-state index in [4.69, 9.17) is 56.9 Å². The number of allylic oxidation sites excluding steroid dienone is 3. The van der Waals surface area contributed by atoms with Crippen molar-refractivity contribution in [2.45, 2.75) is 202 Å². The van der Waals surface area contributed by atoms with Gasteiger partial charge in [-0.05, 0) is 95.2 Å². The van der Waals surface area contributed by atoms with Crippen LogP contribution in [0.15, 0.2) is 35.1 Å². The maximum Gasteiger partial charge on any atom is 0.411 e. The third-order valence-corrected chi connectivity index (χ3v) is 22.5. The molecule has 25 nitrogen and oxygen atoms in total. The Morgan fingerprint density at radius 2 is 1.61 bits per heavy atom. The molecule has 4 fully saturated rings. The average molecular weight is 1430 g/mol. The van der Waals surface area contributed by atoms with Crippen molar-refractivity contribution in [3.8, 4) is 40.9 Å². The van der Waals surface area contributed by atoms with Gasteiger partial charge in [0.1, 0.15) is 24.4 Å². The maximum absolute atomic E-state index is 14.5. The third kappa shape index (κ3) is 16.8. The lowest BCUT2D eigenvalue weighted by Gasteiger charge is -2.47. The highest BCUT2D eigenvalue weighted by Gasteiger charge is 2.52. The predicted molar refractivity (Wildman–Crippen MR) is 340 cm³/mol. The van der Waals surface area contributed by atoms with E-state index in [1.807, 2.05) is 29.5 Å². The van der Waals surface area contributed by atoms with E-state index in [1.165, 1.54) is 51.2 Å². The van der Waals surface area contributed by atoms with Crippen molar-refractivity contribution >= 4 is 78.8 Å². The summed E-state index contributed by atoms with van der Waals surface area (Å²) in [5.74, 6) is 10.1. The molecule has 4 aliphatic heterocycles. The molecule has 29 heteroatoms. The van der Waals surface area contributed by atoms with Gasteiger partial charge in [-0.1, -0.05) is 70.0 Å². The minimum absolute atomic E-state index is 0.00269. The number of nitrogens with one attached hydrogen (secondary N) is 2. The number of benzene rings is 1. The summed E-state index contributed by atoms with van der Waals surface area (Å²) in [5.41, 5.74) is 1.11. The molecule has 7 rings (SSSR count). The van der Waals surface area contributed by atoms with Gasteiger partial charge in [0, 0.05) is 61.0 Å². The van der Waals surface area contributed by atoms with Crippen LogP contribution in [-0.4, -0.2) is 226 Å². The fourth-order valence-electron chi connectivity index (χ4n) is 11.2. The number of aliphatic hydroxyl groups excluding tert-OH is 5. The van der Waals surface area contributed by atoms with Gasteiger partial charge in [-0.15, -0.1) is 0 Å². The molecule has 8 N–H and O–H groups in total. The van der Waals surface area contributed by atoms with E-state index < -0.39 is 145 Å². The van der Waals surface area contributed by atoms with E-state index >= 15 is 0 Å². The highest BCUT2D eigenvalue weighted by molar-refractivity contribution is 14.1. The second-order valence-electron chi connectivity index (χ2n) is 22.9. The molecule has 1 aromatic carbocycles. The molecule has 500 valence electrons. The van der Waals surface area contributed by atoms with E-state index in [1.54, 1.807) is 49.5 Å². The second kappa shape index (κ2) is 32.6. The number of methoxy groups -OCH3 is 4. The number of hydrogen-bond acceptors (Lipinski definition) is 26. The summed E-state index contributed by atoms with van der Waals surface area (Å²) in [6.45, 7) is 15.9. The first kappa shape index (κ1) is 73.6. The number of rotatable bonds is 23. The minimum atomic E-state index is -2.10. The maximum atomic E-state index is 14.5. The fraction of sp³-hybridized carbons (Fsp3) is 0.672. The molecule has 0 spiro atoms. The smallest absolute Gasteiger partial charge is 0.411 e. The SMILES string of the molecule is CCN(C(C)=O)[C@H]1CO[C@@H](O[C@H]2[C@H](O[C@H]3C#C/C=C\C#C[C@]4(O)CC(=O)C(NC(=O)OC)=C3/C4=C\CSSC(C)(C)CC)O[C@H](C)[C@@H](NO[C@H]3C[C@H](O)[C@H](SC(=O)c4c(C)c(I)c(O[C@@H]5O[C@@H](C)[C@H](O)[C@@H](CO)[C@H]5O)c(OC)c4OC)[C@@H](C)O3)[C@@H]2O)C[C@@H]1OC. The zero-order valence-electron chi connectivity index (χ0n) is 52.5. The Balaban J connectivity index is 1.15. The van der Waals surface area contributed by atoms with E-state index in [0.29, 0.717) is 21.4 Å². The van der Waals surface area contributed by atoms with Crippen LogP contribution >= 0.6 is 55.9 Å². The average Bonchev–Trinajstić information content (AvgIpc) is 0.816. The predicted octanol–water partition coefficient (Wildman–Crippen LogP) is 3.96. The first-order chi connectivity index (χ1) is 42.7. The first-order valence-corrected chi connectivity index (χ1v) is 33.8. The number of thioether (sulfide) groups is 1. The lowest BCUT2D eigenvalue weighted by atomic mass is 9.75. The number of nitrogens with zero attached hydrogens (tertiary/aromatic N) is 1. The molecule has 0 saturated carbocycles. The summed E-state index contributed by atoms with van der Waals surface area (Å²) in [6.07, 6.45) is -13.1. The van der Waals surface area contributed by atoms with Crippen molar-refractivity contribution in [2.24, 2.45) is 5.92 Å². The van der Waals surface area contributed by atoms with Crippen molar-refractivity contribution in [1.29, 1.82) is 0 Å². The van der Waals surface area contributed by atoms with Gasteiger partial charge in [0.15, 0.2) is 41.8 Å². The van der Waals surface area contributed by atoms with Gasteiger partial charge in [-0.2, -0.15) is 5.48 Å². The highest BCUT2D eigenvalue weighted by Crippen LogP contribution is 2.49. The van der Waals surface area contributed by atoms with Gasteiger partial charge in [-0.25, -0.2) is 4.79 Å². The summed E-state index contributed by atoms with van der Waals surface area (Å²) in [5, 5.41) is 69.6. The number of carbonyl (C=O) groups excluding carboxylic acids is 4. The van der Waals surface area contributed by atoms with Crippen molar-refractivity contribution in [3.05, 3.63) is 49.8 Å². The Hall–Kier alpha value is -3.78. The monoisotopic (exact) mass is 1430 g/mol. The summed E-state index contributed by atoms with van der Waals surface area (Å²) in [4.78, 5) is 62.3. The lowest BCUT2D eigenvalue weighted by Crippen LogP contribution is -2.65. The number of Topliss-reactive ketones (excluding diaryl/α,β-unsaturated/α-hetero) is 1. The van der Waals surface area contributed by atoms with Gasteiger partial charge in [0.25, 0.3) is 0 Å². The highest BCUT2D eigenvalue weighted by atomic mass is 127. The van der Waals surface area contributed by atoms with Crippen LogP contribution < -0.4 is 25.0 Å². The number of carbonyl (C=O) groups is 4. The molecule has 4 saturated heterocycles. The molecule has 0 aromatic heterocycles. The summed E-state index contributed by atoms with van der Waals surface area (Å²) in [6, 6.07) is -1.64. The van der Waals surface area contributed by atoms with Crippen LogP contribution in [0.4, 0.5) is 4.79 Å². The minimum Gasteiger partial charge on any atom is -0.492 e. The van der Waals surface area contributed by atoms with Crippen LogP contribution in [0.2, 0.25) is 0 Å². The largest absolute Gasteiger partial charge is 0.492 e. The summed E-state index contributed by atoms with van der Waals surface area (Å²) < 4.78 is 67.3. The molecule has 2 bridgehead atoms. The number of ether oxygens (including phenoxy) is 11. The van der Waals surface area contributed by atoms with E-state index in [9.17, 15) is 49.8 Å². The van der Waals surface area contributed by atoms with Crippen LogP contribution in [0.1, 0.15) is 97.0 Å². The first-order valence-electron chi connectivity index (χ1n) is 29.5. The number of aliphatic hydroxyl groups is 6. The van der Waals surface area contributed by atoms with Crippen LogP contribution in [-0.2, 0) is 52.3 Å². The zero-order chi connectivity index (χ0) is 66.1. The molecule has 0 radical (unpaired) electrons. The molecular formula is C61H84IN3O22S3. The summed E-state index contributed by atoms with van der Waals surface area (Å²) >= 11 is 2.78. The van der Waals surface area contributed by atoms with Crippen LogP contribution in [0, 0.1) is 40.1 Å². The van der Waals surface area contributed by atoms with Crippen molar-refractivity contribution in [2.75, 3.05) is 54.0 Å². The number of fused-ring (bicyclic) bond motifs is 2. The Morgan fingerprint density at radius 3 is 2.24 bits per heavy atom. The second-order valence-corrected chi connectivity index (χ2v) is 28.2. The topological polar surface area (TPSA) is 328 Å². The van der Waals surface area contributed by atoms with Crippen LogP contribution in [0.3, 0.4) is 0 Å². The van der Waals surface area contributed by atoms with E-state index in [-0.39, 0.29) is 69.8 Å². The van der Waals surface area contributed by atoms with E-state index in [2.05, 4.69) is 55.2 Å². The Kier molecular flexibility index (Phi) is 26.6. The molecule has 19 atom stereocenters. The molecule has 0 unspecified atom stereocenters. The Morgan fingerprint density at radius 1 is 0.911 bits per heavy atom. The van der Waals surface area contributed by atoms with Gasteiger partial charge in [-0.3, -0.25) is 24.5 Å². The lowest BCUT2D eigenvalue weighted by molar-refractivity contribution is -0.337. The number of amides is 2. The van der Waals surface area contributed by atoms with Gasteiger partial charge < -0.3 is 87.6 Å². The Bertz CT molecular complexity index is 2960. The molecule has 4 heterocycles. The molecular weight excluding hydrogens is 1350 g/mol. The fourth-order valence-corrected chi connectivity index (χ4v) is 15.5. The van der Waals surface area contributed by atoms with Gasteiger partial charge in [0.2, 0.25) is 23.1 Å². The van der Waals surface area contributed by atoms with Crippen molar-refractivity contribution in [3.63, 3.8) is 0 Å².